The van der Waals surface area contributed by atoms with Crippen LogP contribution in [0.3, 0.4) is 0 Å². The standard InChI is InChI=1S/C13H23BrN4O2S/c1-10(2)15-6-5-7-18(4)21(19,20)17-13-11(3)8-12(14)9-16-13/h8-10,15H,5-7H2,1-4H3,(H,16,17). The molecule has 0 amide bonds. The number of pyridine rings is 1. The quantitative estimate of drug-likeness (QED) is 0.679. The highest BCUT2D eigenvalue weighted by molar-refractivity contribution is 9.10. The van der Waals surface area contributed by atoms with Crippen molar-refractivity contribution in [2.75, 3.05) is 24.9 Å². The van der Waals surface area contributed by atoms with Crippen molar-refractivity contribution in [2.24, 2.45) is 0 Å². The van der Waals surface area contributed by atoms with Gasteiger partial charge in [0.05, 0.1) is 0 Å². The molecule has 8 heteroatoms. The number of hydrogen-bond acceptors (Lipinski definition) is 4. The number of aromatic nitrogens is 1. The van der Waals surface area contributed by atoms with Crippen molar-refractivity contribution in [1.82, 2.24) is 14.6 Å². The number of anilines is 1. The maximum absolute atomic E-state index is 12.2. The first-order valence-electron chi connectivity index (χ1n) is 6.82. The molecule has 1 heterocycles. The maximum atomic E-state index is 12.2. The van der Waals surface area contributed by atoms with Crippen molar-refractivity contribution in [3.05, 3.63) is 22.3 Å². The van der Waals surface area contributed by atoms with Crippen molar-refractivity contribution in [3.8, 4) is 0 Å². The third kappa shape index (κ3) is 6.29. The lowest BCUT2D eigenvalue weighted by molar-refractivity contribution is 0.451. The first-order valence-corrected chi connectivity index (χ1v) is 9.05. The van der Waals surface area contributed by atoms with Gasteiger partial charge in [0.1, 0.15) is 5.82 Å². The molecule has 120 valence electrons. The Morgan fingerprint density at radius 2 is 2.10 bits per heavy atom. The molecule has 6 nitrogen and oxygen atoms in total. The molecule has 0 spiro atoms. The predicted molar refractivity (Wildman–Crippen MR) is 89.6 cm³/mol. The molecule has 2 N–H and O–H groups in total. The van der Waals surface area contributed by atoms with Crippen LogP contribution in [0.25, 0.3) is 0 Å². The molecule has 21 heavy (non-hydrogen) atoms. The molecular formula is C13H23BrN4O2S. The molecule has 0 aliphatic heterocycles. The van der Waals surface area contributed by atoms with Gasteiger partial charge in [0, 0.05) is 30.3 Å². The number of nitrogens with one attached hydrogen (secondary N) is 2. The molecule has 0 saturated heterocycles. The van der Waals surface area contributed by atoms with Gasteiger partial charge in [0.2, 0.25) is 0 Å². The zero-order valence-corrected chi connectivity index (χ0v) is 15.3. The summed E-state index contributed by atoms with van der Waals surface area (Å²) >= 11 is 3.30. The van der Waals surface area contributed by atoms with Gasteiger partial charge in [-0.2, -0.15) is 12.7 Å². The average Bonchev–Trinajstić information content (AvgIpc) is 2.37. The molecule has 0 bridgehead atoms. The Morgan fingerprint density at radius 1 is 1.43 bits per heavy atom. The van der Waals surface area contributed by atoms with E-state index in [1.807, 2.05) is 13.0 Å². The van der Waals surface area contributed by atoms with Crippen molar-refractivity contribution in [1.29, 1.82) is 0 Å². The fraction of sp³-hybridized carbons (Fsp3) is 0.615. The van der Waals surface area contributed by atoms with Crippen molar-refractivity contribution < 1.29 is 8.42 Å². The van der Waals surface area contributed by atoms with Crippen LogP contribution in [0.2, 0.25) is 0 Å². The molecule has 0 atom stereocenters. The van der Waals surface area contributed by atoms with Crippen molar-refractivity contribution in [3.63, 3.8) is 0 Å². The highest BCUT2D eigenvalue weighted by Gasteiger charge is 2.18. The summed E-state index contributed by atoms with van der Waals surface area (Å²) in [5.74, 6) is 0.352. The normalized spacial score (nSPS) is 12.1. The van der Waals surface area contributed by atoms with Crippen LogP contribution in [-0.4, -0.2) is 43.9 Å². The third-order valence-corrected chi connectivity index (χ3v) is 4.77. The van der Waals surface area contributed by atoms with E-state index in [0.717, 1.165) is 23.0 Å². The third-order valence-electron chi connectivity index (χ3n) is 2.88. The van der Waals surface area contributed by atoms with Gasteiger partial charge in [0.15, 0.2) is 0 Å². The van der Waals surface area contributed by atoms with E-state index in [2.05, 4.69) is 44.8 Å². The lowest BCUT2D eigenvalue weighted by Crippen LogP contribution is -2.35. The molecule has 1 rings (SSSR count). The monoisotopic (exact) mass is 378 g/mol. The minimum atomic E-state index is -3.57. The largest absolute Gasteiger partial charge is 0.314 e. The van der Waals surface area contributed by atoms with E-state index < -0.39 is 10.2 Å². The molecule has 0 fully saturated rings. The Kier molecular flexibility index (Phi) is 7.05. The van der Waals surface area contributed by atoms with Crippen LogP contribution in [-0.2, 0) is 10.2 Å². The fourth-order valence-electron chi connectivity index (χ4n) is 1.66. The SMILES string of the molecule is Cc1cc(Br)cnc1NS(=O)(=O)N(C)CCCNC(C)C. The van der Waals surface area contributed by atoms with E-state index in [9.17, 15) is 8.42 Å². The van der Waals surface area contributed by atoms with Crippen LogP contribution in [0.1, 0.15) is 25.8 Å². The Morgan fingerprint density at radius 3 is 2.67 bits per heavy atom. The van der Waals surface area contributed by atoms with Gasteiger partial charge < -0.3 is 5.32 Å². The smallest absolute Gasteiger partial charge is 0.302 e. The highest BCUT2D eigenvalue weighted by atomic mass is 79.9. The number of nitrogens with zero attached hydrogens (tertiary/aromatic N) is 2. The van der Waals surface area contributed by atoms with Gasteiger partial charge in [-0.1, -0.05) is 13.8 Å². The zero-order valence-electron chi connectivity index (χ0n) is 12.9. The molecule has 0 saturated carbocycles. The fourth-order valence-corrected chi connectivity index (χ4v) is 3.09. The molecule has 0 aromatic carbocycles. The molecule has 0 radical (unpaired) electrons. The minimum absolute atomic E-state index is 0.352. The van der Waals surface area contributed by atoms with Crippen LogP contribution in [0.5, 0.6) is 0 Å². The van der Waals surface area contributed by atoms with Gasteiger partial charge in [-0.05, 0) is 47.4 Å². The Labute approximate surface area is 135 Å². The second-order valence-corrected chi connectivity index (χ2v) is 7.90. The number of aryl methyl sites for hydroxylation is 1. The Bertz CT molecular complexity index is 563. The van der Waals surface area contributed by atoms with Gasteiger partial charge >= 0.3 is 10.2 Å². The summed E-state index contributed by atoms with van der Waals surface area (Å²) in [6.07, 6.45) is 2.32. The summed E-state index contributed by atoms with van der Waals surface area (Å²) in [4.78, 5) is 4.09. The summed E-state index contributed by atoms with van der Waals surface area (Å²) in [7, 11) is -2.01. The first-order chi connectivity index (χ1) is 9.72. The molecule has 1 aromatic rings. The topological polar surface area (TPSA) is 74.3 Å². The first kappa shape index (κ1) is 18.3. The molecule has 1 aromatic heterocycles. The number of rotatable bonds is 8. The summed E-state index contributed by atoms with van der Waals surface area (Å²) in [6.45, 7) is 7.16. The van der Waals surface area contributed by atoms with Crippen molar-refractivity contribution in [2.45, 2.75) is 33.2 Å². The summed E-state index contributed by atoms with van der Waals surface area (Å²) < 4.78 is 29.0. The predicted octanol–water partition coefficient (Wildman–Crippen LogP) is 2.13. The van der Waals surface area contributed by atoms with Crippen LogP contribution < -0.4 is 10.0 Å². The Balaban J connectivity index is 2.59. The summed E-state index contributed by atoms with van der Waals surface area (Å²) in [5.41, 5.74) is 0.767. The van der Waals surface area contributed by atoms with Crippen LogP contribution >= 0.6 is 15.9 Å². The molecule has 0 unspecified atom stereocenters. The van der Waals surface area contributed by atoms with Crippen LogP contribution in [0, 0.1) is 6.92 Å². The summed E-state index contributed by atoms with van der Waals surface area (Å²) in [5, 5.41) is 3.26. The van der Waals surface area contributed by atoms with Gasteiger partial charge in [0.25, 0.3) is 0 Å². The van der Waals surface area contributed by atoms with E-state index in [4.69, 9.17) is 0 Å². The number of hydrogen-bond donors (Lipinski definition) is 2. The maximum Gasteiger partial charge on any atom is 0.302 e. The highest BCUT2D eigenvalue weighted by Crippen LogP contribution is 2.18. The van der Waals surface area contributed by atoms with Gasteiger partial charge in [-0.15, -0.1) is 0 Å². The van der Waals surface area contributed by atoms with Crippen LogP contribution in [0.15, 0.2) is 16.7 Å². The minimum Gasteiger partial charge on any atom is -0.314 e. The van der Waals surface area contributed by atoms with E-state index in [1.54, 1.807) is 13.2 Å². The van der Waals surface area contributed by atoms with E-state index in [0.29, 0.717) is 18.4 Å². The average molecular weight is 379 g/mol. The van der Waals surface area contributed by atoms with Gasteiger partial charge in [-0.3, -0.25) is 4.72 Å². The molecule has 0 aliphatic carbocycles. The second kappa shape index (κ2) is 8.07. The van der Waals surface area contributed by atoms with Gasteiger partial charge in [-0.25, -0.2) is 4.98 Å². The van der Waals surface area contributed by atoms with E-state index >= 15 is 0 Å². The summed E-state index contributed by atoms with van der Waals surface area (Å²) in [6, 6.07) is 2.22. The zero-order chi connectivity index (χ0) is 16.0. The van der Waals surface area contributed by atoms with E-state index in [1.165, 1.54) is 4.31 Å². The molecule has 0 aliphatic rings. The van der Waals surface area contributed by atoms with Crippen LogP contribution in [0.4, 0.5) is 5.82 Å². The second-order valence-electron chi connectivity index (χ2n) is 5.21. The number of halogens is 1. The van der Waals surface area contributed by atoms with E-state index in [-0.39, 0.29) is 0 Å². The molecular weight excluding hydrogens is 356 g/mol. The Hall–Kier alpha value is -0.700. The lowest BCUT2D eigenvalue weighted by atomic mass is 10.3. The lowest BCUT2D eigenvalue weighted by Gasteiger charge is -2.19. The van der Waals surface area contributed by atoms with Crippen molar-refractivity contribution >= 4 is 32.0 Å².